The molecule has 0 amide bonds. The SMILES string of the molecule is CCCNc1ncnc(NCc2ccncc2)c1CCC. The van der Waals surface area contributed by atoms with Gasteiger partial charge in [0.1, 0.15) is 18.0 Å². The lowest BCUT2D eigenvalue weighted by molar-refractivity contribution is 0.886. The molecule has 2 rings (SSSR count). The Balaban J connectivity index is 2.13. The third kappa shape index (κ3) is 4.41. The standard InChI is InChI=1S/C16H23N5/c1-3-5-14-15(18-8-4-2)20-12-21-16(14)19-11-13-6-9-17-10-7-13/h6-7,9-10,12H,3-5,8,11H2,1-2H3,(H2,18,19,20,21). The summed E-state index contributed by atoms with van der Waals surface area (Å²) in [5.74, 6) is 1.87. The van der Waals surface area contributed by atoms with Gasteiger partial charge in [0, 0.05) is 31.0 Å². The molecule has 0 bridgehead atoms. The van der Waals surface area contributed by atoms with Crippen LogP contribution in [0.15, 0.2) is 30.9 Å². The molecule has 2 aromatic rings. The first-order valence-corrected chi connectivity index (χ1v) is 7.55. The number of anilines is 2. The zero-order chi connectivity index (χ0) is 14.9. The minimum absolute atomic E-state index is 0.740. The molecule has 0 fully saturated rings. The first-order valence-electron chi connectivity index (χ1n) is 7.55. The van der Waals surface area contributed by atoms with E-state index in [1.807, 2.05) is 12.1 Å². The summed E-state index contributed by atoms with van der Waals surface area (Å²) in [6.07, 6.45) is 8.33. The summed E-state index contributed by atoms with van der Waals surface area (Å²) in [6, 6.07) is 4.01. The maximum atomic E-state index is 4.40. The van der Waals surface area contributed by atoms with E-state index in [0.717, 1.165) is 44.0 Å². The molecule has 0 atom stereocenters. The Labute approximate surface area is 126 Å². The molecule has 112 valence electrons. The molecule has 2 heterocycles. The Kier molecular flexibility index (Phi) is 5.94. The van der Waals surface area contributed by atoms with E-state index in [1.54, 1.807) is 18.7 Å². The lowest BCUT2D eigenvalue weighted by Crippen LogP contribution is -2.11. The molecule has 0 radical (unpaired) electrons. The maximum Gasteiger partial charge on any atom is 0.134 e. The van der Waals surface area contributed by atoms with Crippen LogP contribution in [0.25, 0.3) is 0 Å². The molecule has 2 N–H and O–H groups in total. The van der Waals surface area contributed by atoms with E-state index in [9.17, 15) is 0 Å². The van der Waals surface area contributed by atoms with Crippen LogP contribution < -0.4 is 10.6 Å². The number of hydrogen-bond donors (Lipinski definition) is 2. The fourth-order valence-corrected chi connectivity index (χ4v) is 2.13. The van der Waals surface area contributed by atoms with Gasteiger partial charge in [-0.1, -0.05) is 20.3 Å². The van der Waals surface area contributed by atoms with Gasteiger partial charge in [0.15, 0.2) is 0 Å². The zero-order valence-corrected chi connectivity index (χ0v) is 12.8. The normalized spacial score (nSPS) is 10.4. The largest absolute Gasteiger partial charge is 0.370 e. The van der Waals surface area contributed by atoms with Gasteiger partial charge in [-0.05, 0) is 30.5 Å². The third-order valence-corrected chi connectivity index (χ3v) is 3.20. The quantitative estimate of drug-likeness (QED) is 0.779. The summed E-state index contributed by atoms with van der Waals surface area (Å²) in [4.78, 5) is 12.8. The first-order chi connectivity index (χ1) is 10.3. The molecule has 2 aromatic heterocycles. The molecule has 0 saturated carbocycles. The predicted octanol–water partition coefficient (Wildman–Crippen LogP) is 3.26. The molecule has 0 aliphatic heterocycles. The molecule has 0 spiro atoms. The molecule has 5 nitrogen and oxygen atoms in total. The summed E-state index contributed by atoms with van der Waals surface area (Å²) in [5, 5.41) is 6.80. The van der Waals surface area contributed by atoms with Crippen molar-refractivity contribution in [1.82, 2.24) is 15.0 Å². The number of rotatable bonds is 8. The molecule has 0 aromatic carbocycles. The van der Waals surface area contributed by atoms with Gasteiger partial charge in [-0.15, -0.1) is 0 Å². The predicted molar refractivity (Wildman–Crippen MR) is 86.4 cm³/mol. The highest BCUT2D eigenvalue weighted by molar-refractivity contribution is 5.57. The van der Waals surface area contributed by atoms with Gasteiger partial charge in [-0.3, -0.25) is 4.98 Å². The monoisotopic (exact) mass is 285 g/mol. The van der Waals surface area contributed by atoms with E-state index >= 15 is 0 Å². The summed E-state index contributed by atoms with van der Waals surface area (Å²) in [6.45, 7) is 5.99. The minimum Gasteiger partial charge on any atom is -0.370 e. The molecular weight excluding hydrogens is 262 g/mol. The van der Waals surface area contributed by atoms with E-state index < -0.39 is 0 Å². The van der Waals surface area contributed by atoms with Crippen LogP contribution in [-0.4, -0.2) is 21.5 Å². The fraction of sp³-hybridized carbons (Fsp3) is 0.438. The fourth-order valence-electron chi connectivity index (χ4n) is 2.13. The van der Waals surface area contributed by atoms with Gasteiger partial charge >= 0.3 is 0 Å². The van der Waals surface area contributed by atoms with Crippen LogP contribution in [0.3, 0.4) is 0 Å². The molecular formula is C16H23N5. The molecule has 0 unspecified atom stereocenters. The van der Waals surface area contributed by atoms with Gasteiger partial charge in [0.2, 0.25) is 0 Å². The van der Waals surface area contributed by atoms with Crippen molar-refractivity contribution in [3.05, 3.63) is 42.0 Å². The van der Waals surface area contributed by atoms with Crippen LogP contribution in [0, 0.1) is 0 Å². The smallest absolute Gasteiger partial charge is 0.134 e. The summed E-state index contributed by atoms with van der Waals surface area (Å²) in [5.41, 5.74) is 2.36. The van der Waals surface area contributed by atoms with Crippen molar-refractivity contribution in [2.45, 2.75) is 39.7 Å². The third-order valence-electron chi connectivity index (χ3n) is 3.20. The van der Waals surface area contributed by atoms with Crippen LogP contribution in [0.5, 0.6) is 0 Å². The first kappa shape index (κ1) is 15.2. The van der Waals surface area contributed by atoms with E-state index in [0.29, 0.717) is 0 Å². The average molecular weight is 285 g/mol. The second kappa shape index (κ2) is 8.19. The Morgan fingerprint density at radius 3 is 2.33 bits per heavy atom. The van der Waals surface area contributed by atoms with Gasteiger partial charge < -0.3 is 10.6 Å². The number of hydrogen-bond acceptors (Lipinski definition) is 5. The van der Waals surface area contributed by atoms with Crippen LogP contribution >= 0.6 is 0 Å². The van der Waals surface area contributed by atoms with Crippen molar-refractivity contribution < 1.29 is 0 Å². The molecule has 0 saturated heterocycles. The second-order valence-corrected chi connectivity index (χ2v) is 4.94. The number of nitrogens with zero attached hydrogens (tertiary/aromatic N) is 3. The van der Waals surface area contributed by atoms with Gasteiger partial charge in [0.05, 0.1) is 0 Å². The number of pyridine rings is 1. The van der Waals surface area contributed by atoms with E-state index in [1.165, 1.54) is 11.1 Å². The lowest BCUT2D eigenvalue weighted by atomic mass is 10.1. The Morgan fingerprint density at radius 2 is 1.67 bits per heavy atom. The Morgan fingerprint density at radius 1 is 0.952 bits per heavy atom. The van der Waals surface area contributed by atoms with Crippen molar-refractivity contribution in [3.8, 4) is 0 Å². The van der Waals surface area contributed by atoms with Crippen molar-refractivity contribution in [1.29, 1.82) is 0 Å². The van der Waals surface area contributed by atoms with Gasteiger partial charge in [-0.25, -0.2) is 9.97 Å². The molecule has 5 heteroatoms. The lowest BCUT2D eigenvalue weighted by Gasteiger charge is -2.15. The Hall–Kier alpha value is -2.17. The zero-order valence-electron chi connectivity index (χ0n) is 12.8. The number of aromatic nitrogens is 3. The highest BCUT2D eigenvalue weighted by Gasteiger charge is 2.10. The van der Waals surface area contributed by atoms with E-state index in [2.05, 4.69) is 39.4 Å². The summed E-state index contributed by atoms with van der Waals surface area (Å²) in [7, 11) is 0. The van der Waals surface area contributed by atoms with Crippen molar-refractivity contribution >= 4 is 11.6 Å². The minimum atomic E-state index is 0.740. The summed E-state index contributed by atoms with van der Waals surface area (Å²) < 4.78 is 0. The van der Waals surface area contributed by atoms with E-state index in [4.69, 9.17) is 0 Å². The van der Waals surface area contributed by atoms with Crippen molar-refractivity contribution in [2.24, 2.45) is 0 Å². The van der Waals surface area contributed by atoms with Crippen LogP contribution in [0.4, 0.5) is 11.6 Å². The van der Waals surface area contributed by atoms with Crippen molar-refractivity contribution in [3.63, 3.8) is 0 Å². The van der Waals surface area contributed by atoms with Gasteiger partial charge in [-0.2, -0.15) is 0 Å². The molecule has 0 aliphatic carbocycles. The maximum absolute atomic E-state index is 4.40. The Bertz CT molecular complexity index is 542. The number of nitrogens with one attached hydrogen (secondary N) is 2. The summed E-state index contributed by atoms with van der Waals surface area (Å²) >= 11 is 0. The van der Waals surface area contributed by atoms with Crippen LogP contribution in [-0.2, 0) is 13.0 Å². The molecule has 0 aliphatic rings. The highest BCUT2D eigenvalue weighted by Crippen LogP contribution is 2.22. The average Bonchev–Trinajstić information content (AvgIpc) is 2.53. The topological polar surface area (TPSA) is 62.7 Å². The van der Waals surface area contributed by atoms with E-state index in [-0.39, 0.29) is 0 Å². The van der Waals surface area contributed by atoms with Crippen LogP contribution in [0.1, 0.15) is 37.8 Å². The highest BCUT2D eigenvalue weighted by atomic mass is 15.1. The molecule has 21 heavy (non-hydrogen) atoms. The second-order valence-electron chi connectivity index (χ2n) is 4.94. The van der Waals surface area contributed by atoms with Crippen molar-refractivity contribution in [2.75, 3.05) is 17.2 Å². The van der Waals surface area contributed by atoms with Gasteiger partial charge in [0.25, 0.3) is 0 Å². The van der Waals surface area contributed by atoms with Crippen LogP contribution in [0.2, 0.25) is 0 Å².